The first-order chi connectivity index (χ1) is 9.24. The van der Waals surface area contributed by atoms with Crippen LogP contribution in [0.5, 0.6) is 0 Å². The average molecular weight is 286 g/mol. The van der Waals surface area contributed by atoms with Crippen molar-refractivity contribution in [2.45, 2.75) is 76.0 Å². The van der Waals surface area contributed by atoms with Gasteiger partial charge in [0.2, 0.25) is 0 Å². The van der Waals surface area contributed by atoms with E-state index in [0.717, 1.165) is 38.5 Å². The Hall–Kier alpha value is -0.110. The zero-order valence-corrected chi connectivity index (χ0v) is 12.8. The van der Waals surface area contributed by atoms with Gasteiger partial charge in [-0.2, -0.15) is 0 Å². The van der Waals surface area contributed by atoms with Crippen molar-refractivity contribution >= 4 is 7.60 Å². The summed E-state index contributed by atoms with van der Waals surface area (Å²) in [7, 11) is -2.95. The van der Waals surface area contributed by atoms with Crippen LogP contribution in [-0.2, 0) is 13.6 Å². The van der Waals surface area contributed by atoms with Crippen LogP contribution in [0.4, 0.5) is 0 Å². The van der Waals surface area contributed by atoms with Crippen molar-refractivity contribution in [3.8, 4) is 0 Å². The fourth-order valence-electron chi connectivity index (χ4n) is 3.15. The van der Waals surface area contributed by atoms with Gasteiger partial charge in [-0.1, -0.05) is 44.6 Å². The topological polar surface area (TPSA) is 35.5 Å². The summed E-state index contributed by atoms with van der Waals surface area (Å²) < 4.78 is 24.7. The zero-order chi connectivity index (χ0) is 13.6. The Morgan fingerprint density at radius 2 is 1.58 bits per heavy atom. The number of rotatable bonds is 6. The third kappa shape index (κ3) is 4.44. The Labute approximate surface area is 117 Å². The van der Waals surface area contributed by atoms with Crippen LogP contribution in [0.15, 0.2) is 12.7 Å². The predicted molar refractivity (Wildman–Crippen MR) is 78.6 cm³/mol. The molecule has 4 heteroatoms. The highest BCUT2D eigenvalue weighted by molar-refractivity contribution is 7.54. The molecule has 1 unspecified atom stereocenters. The second-order valence-corrected chi connectivity index (χ2v) is 8.06. The van der Waals surface area contributed by atoms with Gasteiger partial charge in [0.15, 0.2) is 0 Å². The summed E-state index contributed by atoms with van der Waals surface area (Å²) in [6.45, 7) is 3.99. The molecule has 0 aromatic rings. The van der Waals surface area contributed by atoms with E-state index in [2.05, 4.69) is 6.58 Å². The third-order valence-electron chi connectivity index (χ3n) is 4.24. The summed E-state index contributed by atoms with van der Waals surface area (Å²) in [5.41, 5.74) is 0.114. The van der Waals surface area contributed by atoms with Crippen LogP contribution in [0, 0.1) is 0 Å². The average Bonchev–Trinajstić information content (AvgIpc) is 2.47. The van der Waals surface area contributed by atoms with Crippen LogP contribution in [0.1, 0.15) is 64.2 Å². The van der Waals surface area contributed by atoms with Gasteiger partial charge in [0, 0.05) is 0 Å². The van der Waals surface area contributed by atoms with Crippen LogP contribution >= 0.6 is 7.60 Å². The summed E-state index contributed by atoms with van der Waals surface area (Å²) in [4.78, 5) is 0. The molecule has 0 amide bonds. The Bertz CT molecular complexity index is 317. The van der Waals surface area contributed by atoms with Gasteiger partial charge in [-0.05, 0) is 25.7 Å². The lowest BCUT2D eigenvalue weighted by Crippen LogP contribution is -2.22. The summed E-state index contributed by atoms with van der Waals surface area (Å²) in [5.74, 6) is 0. The third-order valence-corrected chi connectivity index (χ3v) is 6.75. The molecular formula is C15H27O3P. The molecular weight excluding hydrogens is 259 g/mol. The second kappa shape index (κ2) is 7.61. The molecule has 2 rings (SSSR count). The Kier molecular flexibility index (Phi) is 6.12. The quantitative estimate of drug-likeness (QED) is 0.505. The van der Waals surface area contributed by atoms with Gasteiger partial charge >= 0.3 is 7.60 Å². The van der Waals surface area contributed by atoms with Crippen molar-refractivity contribution in [3.63, 3.8) is 0 Å². The minimum atomic E-state index is -2.95. The Morgan fingerprint density at radius 3 is 2.16 bits per heavy atom. The van der Waals surface area contributed by atoms with Crippen LogP contribution in [0.2, 0.25) is 0 Å². The maximum Gasteiger partial charge on any atom is 0.334 e. The van der Waals surface area contributed by atoms with E-state index in [-0.39, 0.29) is 11.8 Å². The maximum atomic E-state index is 13.1. The van der Waals surface area contributed by atoms with Crippen molar-refractivity contribution in [2.24, 2.45) is 0 Å². The number of hydrogen-bond acceptors (Lipinski definition) is 3. The minimum absolute atomic E-state index is 0.114. The molecule has 3 nitrogen and oxygen atoms in total. The molecule has 0 N–H and O–H groups in total. The fourth-order valence-corrected chi connectivity index (χ4v) is 5.54. The van der Waals surface area contributed by atoms with Crippen LogP contribution in [-0.4, -0.2) is 18.4 Å². The first-order valence-corrected chi connectivity index (χ1v) is 9.39. The minimum Gasteiger partial charge on any atom is -0.305 e. The summed E-state index contributed by atoms with van der Waals surface area (Å²) in [6, 6.07) is 0. The molecule has 0 heterocycles. The van der Waals surface area contributed by atoms with Gasteiger partial charge in [-0.25, -0.2) is 0 Å². The molecule has 0 spiro atoms. The first-order valence-electron chi connectivity index (χ1n) is 7.78. The largest absolute Gasteiger partial charge is 0.334 e. The molecule has 1 atom stereocenters. The Morgan fingerprint density at radius 1 is 1.00 bits per heavy atom. The van der Waals surface area contributed by atoms with Gasteiger partial charge in [-0.15, -0.1) is 6.58 Å². The van der Waals surface area contributed by atoms with E-state index in [1.165, 1.54) is 25.7 Å². The number of hydrogen-bond donors (Lipinski definition) is 0. The van der Waals surface area contributed by atoms with Gasteiger partial charge in [-0.3, -0.25) is 4.57 Å². The predicted octanol–water partition coefficient (Wildman–Crippen LogP) is 5.06. The lowest BCUT2D eigenvalue weighted by molar-refractivity contribution is 0.115. The standard InChI is InChI=1S/C15H27O3P/c1-2-13-17-19(16,15-11-7-4-8-12-15)18-14-9-5-3-6-10-14/h2,14-15H,1,3-13H2. The van der Waals surface area contributed by atoms with Crippen LogP contribution < -0.4 is 0 Å². The monoisotopic (exact) mass is 286 g/mol. The maximum absolute atomic E-state index is 13.1. The summed E-state index contributed by atoms with van der Waals surface area (Å²) in [5, 5.41) is 0. The molecule has 0 aromatic heterocycles. The summed E-state index contributed by atoms with van der Waals surface area (Å²) >= 11 is 0. The van der Waals surface area contributed by atoms with E-state index in [1.54, 1.807) is 6.08 Å². The SMILES string of the molecule is C=CCOP(=O)(OC1CCCCC1)C1CCCCC1. The van der Waals surface area contributed by atoms with Gasteiger partial charge in [0.25, 0.3) is 0 Å². The fraction of sp³-hybridized carbons (Fsp3) is 0.867. The molecule has 2 fully saturated rings. The zero-order valence-electron chi connectivity index (χ0n) is 11.9. The van der Waals surface area contributed by atoms with Gasteiger partial charge in [0.05, 0.1) is 18.4 Å². The van der Waals surface area contributed by atoms with Gasteiger partial charge in [0.1, 0.15) is 0 Å². The molecule has 0 aliphatic heterocycles. The molecule has 2 aliphatic rings. The highest BCUT2D eigenvalue weighted by Gasteiger charge is 2.38. The highest BCUT2D eigenvalue weighted by Crippen LogP contribution is 2.59. The van der Waals surface area contributed by atoms with Crippen molar-refractivity contribution in [3.05, 3.63) is 12.7 Å². The lowest BCUT2D eigenvalue weighted by atomic mass is 9.98. The molecule has 0 radical (unpaired) electrons. The normalized spacial score (nSPS) is 25.9. The van der Waals surface area contributed by atoms with Crippen molar-refractivity contribution in [1.29, 1.82) is 0 Å². The van der Waals surface area contributed by atoms with Gasteiger partial charge < -0.3 is 9.05 Å². The van der Waals surface area contributed by atoms with E-state index in [0.29, 0.717) is 6.61 Å². The molecule has 2 aliphatic carbocycles. The molecule has 0 bridgehead atoms. The smallest absolute Gasteiger partial charge is 0.305 e. The van der Waals surface area contributed by atoms with Crippen molar-refractivity contribution < 1.29 is 13.6 Å². The molecule has 19 heavy (non-hydrogen) atoms. The molecule has 110 valence electrons. The summed E-state index contributed by atoms with van der Waals surface area (Å²) in [6.07, 6.45) is 13.1. The van der Waals surface area contributed by atoms with E-state index in [9.17, 15) is 4.57 Å². The van der Waals surface area contributed by atoms with E-state index in [4.69, 9.17) is 9.05 Å². The van der Waals surface area contributed by atoms with Crippen molar-refractivity contribution in [1.82, 2.24) is 0 Å². The van der Waals surface area contributed by atoms with Crippen LogP contribution in [0.25, 0.3) is 0 Å². The lowest BCUT2D eigenvalue weighted by Gasteiger charge is -2.33. The first kappa shape index (κ1) is 15.3. The molecule has 0 saturated heterocycles. The highest BCUT2D eigenvalue weighted by atomic mass is 31.2. The van der Waals surface area contributed by atoms with Crippen LogP contribution in [0.3, 0.4) is 0 Å². The molecule has 0 aromatic carbocycles. The molecule has 2 saturated carbocycles. The van der Waals surface area contributed by atoms with E-state index < -0.39 is 7.60 Å². The van der Waals surface area contributed by atoms with E-state index in [1.807, 2.05) is 0 Å². The second-order valence-electron chi connectivity index (χ2n) is 5.78. The van der Waals surface area contributed by atoms with Crippen molar-refractivity contribution in [2.75, 3.05) is 6.61 Å². The van der Waals surface area contributed by atoms with E-state index >= 15 is 0 Å². The Balaban J connectivity index is 1.99.